The number of rotatable bonds is 6. The van der Waals surface area contributed by atoms with Gasteiger partial charge in [0.05, 0.1) is 12.6 Å². The third-order valence-corrected chi connectivity index (χ3v) is 4.64. The molecule has 2 unspecified atom stereocenters. The highest BCUT2D eigenvalue weighted by atomic mass is 32.1. The van der Waals surface area contributed by atoms with Crippen molar-refractivity contribution in [1.82, 2.24) is 10.2 Å². The Balaban J connectivity index is 1.96. The average Bonchev–Trinajstić information content (AvgIpc) is 3.02. The van der Waals surface area contributed by atoms with Gasteiger partial charge in [-0.3, -0.25) is 4.90 Å². The number of aliphatic hydroxyl groups excluding tert-OH is 2. The third-order valence-electron chi connectivity index (χ3n) is 3.50. The first-order valence-electron chi connectivity index (χ1n) is 6.51. The zero-order valence-electron chi connectivity index (χ0n) is 10.8. The Morgan fingerprint density at radius 1 is 1.39 bits per heavy atom. The number of thiophene rings is 1. The normalized spacial score (nSPS) is 20.2. The van der Waals surface area contributed by atoms with E-state index in [1.807, 2.05) is 6.07 Å². The van der Waals surface area contributed by atoms with Gasteiger partial charge >= 0.3 is 0 Å². The number of nitrogens with one attached hydrogen (secondary N) is 1. The van der Waals surface area contributed by atoms with Crippen molar-refractivity contribution >= 4 is 11.3 Å². The molecule has 2 atom stereocenters. The predicted molar refractivity (Wildman–Crippen MR) is 73.7 cm³/mol. The molecule has 0 aromatic carbocycles. The van der Waals surface area contributed by atoms with Crippen molar-refractivity contribution in [3.8, 4) is 0 Å². The fraction of sp³-hybridized carbons (Fsp3) is 0.692. The zero-order chi connectivity index (χ0) is 13.0. The molecule has 1 aliphatic rings. The highest BCUT2D eigenvalue weighted by Gasteiger charge is 2.21. The third kappa shape index (κ3) is 3.30. The lowest BCUT2D eigenvalue weighted by Gasteiger charge is -2.19. The Hall–Kier alpha value is -0.460. The summed E-state index contributed by atoms with van der Waals surface area (Å²) in [7, 11) is 1.75. The van der Waals surface area contributed by atoms with Gasteiger partial charge in [-0.25, -0.2) is 0 Å². The maximum atomic E-state index is 10.1. The van der Waals surface area contributed by atoms with E-state index in [0.29, 0.717) is 0 Å². The van der Waals surface area contributed by atoms with Gasteiger partial charge in [-0.05, 0) is 45.1 Å². The minimum atomic E-state index is -0.627. The summed E-state index contributed by atoms with van der Waals surface area (Å²) in [5.41, 5.74) is 0. The average molecular weight is 270 g/mol. The molecule has 0 saturated carbocycles. The molecule has 1 aromatic heterocycles. The Kier molecular flexibility index (Phi) is 5.14. The summed E-state index contributed by atoms with van der Waals surface area (Å²) in [4.78, 5) is 4.67. The van der Waals surface area contributed by atoms with Crippen LogP contribution in [0.25, 0.3) is 0 Å². The molecule has 1 saturated heterocycles. The molecule has 1 aliphatic heterocycles. The first-order chi connectivity index (χ1) is 8.74. The summed E-state index contributed by atoms with van der Waals surface area (Å²) in [6.07, 6.45) is 1.97. The summed E-state index contributed by atoms with van der Waals surface area (Å²) in [5, 5.41) is 22.2. The Morgan fingerprint density at radius 2 is 2.11 bits per heavy atom. The number of nitrogens with zero attached hydrogens (tertiary/aromatic N) is 1. The van der Waals surface area contributed by atoms with E-state index in [-0.39, 0.29) is 12.6 Å². The summed E-state index contributed by atoms with van der Waals surface area (Å²) in [6, 6.07) is 3.77. The molecule has 0 radical (unpaired) electrons. The molecule has 1 aromatic rings. The van der Waals surface area contributed by atoms with Crippen LogP contribution in [-0.2, 0) is 6.54 Å². The number of hydrogen-bond donors (Lipinski definition) is 3. The fourth-order valence-corrected chi connectivity index (χ4v) is 3.45. The number of likely N-dealkylation sites (tertiary alicyclic amines) is 1. The van der Waals surface area contributed by atoms with E-state index in [2.05, 4.69) is 16.3 Å². The molecular formula is C13H22N2O2S. The van der Waals surface area contributed by atoms with Gasteiger partial charge < -0.3 is 15.5 Å². The minimum absolute atomic E-state index is 0.0585. The summed E-state index contributed by atoms with van der Waals surface area (Å²) >= 11 is 1.64. The molecule has 1 fully saturated rings. The first kappa shape index (κ1) is 14.0. The topological polar surface area (TPSA) is 55.7 Å². The van der Waals surface area contributed by atoms with Gasteiger partial charge in [0, 0.05) is 16.3 Å². The Morgan fingerprint density at radius 3 is 2.72 bits per heavy atom. The maximum Gasteiger partial charge on any atom is 0.106 e. The largest absolute Gasteiger partial charge is 0.395 e. The van der Waals surface area contributed by atoms with Crippen LogP contribution < -0.4 is 5.32 Å². The van der Waals surface area contributed by atoms with E-state index in [1.54, 1.807) is 18.4 Å². The standard InChI is InChI=1S/C13H22N2O2S/c1-14-11(9-16)13(17)12-5-4-10(18-12)8-15-6-2-3-7-15/h4-5,11,13-14,16-17H,2-3,6-9H2,1H3. The van der Waals surface area contributed by atoms with Crippen LogP contribution in [0.15, 0.2) is 12.1 Å². The van der Waals surface area contributed by atoms with Crippen LogP contribution in [0, 0.1) is 0 Å². The van der Waals surface area contributed by atoms with Crippen molar-refractivity contribution in [2.75, 3.05) is 26.7 Å². The number of likely N-dealkylation sites (N-methyl/N-ethyl adjacent to an activating group) is 1. The lowest BCUT2D eigenvalue weighted by atomic mass is 10.1. The fourth-order valence-electron chi connectivity index (χ4n) is 2.35. The van der Waals surface area contributed by atoms with Gasteiger partial charge in [0.15, 0.2) is 0 Å². The highest BCUT2D eigenvalue weighted by molar-refractivity contribution is 7.12. The molecule has 18 heavy (non-hydrogen) atoms. The van der Waals surface area contributed by atoms with Crippen LogP contribution in [0.5, 0.6) is 0 Å². The monoisotopic (exact) mass is 270 g/mol. The van der Waals surface area contributed by atoms with E-state index < -0.39 is 6.10 Å². The minimum Gasteiger partial charge on any atom is -0.395 e. The van der Waals surface area contributed by atoms with Gasteiger partial charge in [-0.15, -0.1) is 11.3 Å². The molecule has 5 heteroatoms. The summed E-state index contributed by atoms with van der Waals surface area (Å²) in [6.45, 7) is 3.30. The first-order valence-corrected chi connectivity index (χ1v) is 7.33. The van der Waals surface area contributed by atoms with Crippen LogP contribution in [0.3, 0.4) is 0 Å². The molecule has 102 valence electrons. The number of aliphatic hydroxyl groups is 2. The molecule has 2 rings (SSSR count). The van der Waals surface area contributed by atoms with E-state index in [9.17, 15) is 5.11 Å². The van der Waals surface area contributed by atoms with E-state index in [4.69, 9.17) is 5.11 Å². The van der Waals surface area contributed by atoms with Gasteiger partial charge in [0.2, 0.25) is 0 Å². The quantitative estimate of drug-likeness (QED) is 0.720. The molecule has 0 bridgehead atoms. The summed E-state index contributed by atoms with van der Waals surface area (Å²) in [5.74, 6) is 0. The molecule has 0 amide bonds. The van der Waals surface area contributed by atoms with E-state index >= 15 is 0 Å². The highest BCUT2D eigenvalue weighted by Crippen LogP contribution is 2.27. The lowest BCUT2D eigenvalue weighted by molar-refractivity contribution is 0.0969. The molecule has 3 N–H and O–H groups in total. The Bertz CT molecular complexity index is 360. The van der Waals surface area contributed by atoms with Crippen molar-refractivity contribution in [3.05, 3.63) is 21.9 Å². The van der Waals surface area contributed by atoms with Gasteiger partial charge in [0.25, 0.3) is 0 Å². The SMILES string of the molecule is CNC(CO)C(O)c1ccc(CN2CCCC2)s1. The molecule has 4 nitrogen and oxygen atoms in total. The second-order valence-electron chi connectivity index (χ2n) is 4.81. The second-order valence-corrected chi connectivity index (χ2v) is 6.01. The molecule has 2 heterocycles. The second kappa shape index (κ2) is 6.63. The van der Waals surface area contributed by atoms with Crippen LogP contribution in [0.2, 0.25) is 0 Å². The molecule has 0 aliphatic carbocycles. The van der Waals surface area contributed by atoms with Crippen molar-refractivity contribution in [1.29, 1.82) is 0 Å². The van der Waals surface area contributed by atoms with Gasteiger partial charge in [-0.2, -0.15) is 0 Å². The van der Waals surface area contributed by atoms with Crippen molar-refractivity contribution in [2.45, 2.75) is 31.5 Å². The zero-order valence-corrected chi connectivity index (χ0v) is 11.6. The lowest BCUT2D eigenvalue weighted by Crippen LogP contribution is -2.35. The van der Waals surface area contributed by atoms with Crippen LogP contribution >= 0.6 is 11.3 Å². The van der Waals surface area contributed by atoms with Crippen LogP contribution in [-0.4, -0.2) is 47.9 Å². The molecular weight excluding hydrogens is 248 g/mol. The summed E-state index contributed by atoms with van der Waals surface area (Å²) < 4.78 is 0. The predicted octanol–water partition coefficient (Wildman–Crippen LogP) is 0.958. The van der Waals surface area contributed by atoms with Crippen LogP contribution in [0.1, 0.15) is 28.7 Å². The maximum absolute atomic E-state index is 10.1. The van der Waals surface area contributed by atoms with Crippen molar-refractivity contribution < 1.29 is 10.2 Å². The smallest absolute Gasteiger partial charge is 0.106 e. The van der Waals surface area contributed by atoms with Gasteiger partial charge in [0.1, 0.15) is 6.10 Å². The van der Waals surface area contributed by atoms with Crippen molar-refractivity contribution in [3.63, 3.8) is 0 Å². The van der Waals surface area contributed by atoms with Crippen LogP contribution in [0.4, 0.5) is 0 Å². The Labute approximate surface area is 112 Å². The van der Waals surface area contributed by atoms with Crippen molar-refractivity contribution in [2.24, 2.45) is 0 Å². The molecule has 0 spiro atoms. The van der Waals surface area contributed by atoms with E-state index in [0.717, 1.165) is 11.4 Å². The number of hydrogen-bond acceptors (Lipinski definition) is 5. The van der Waals surface area contributed by atoms with E-state index in [1.165, 1.54) is 30.8 Å². The van der Waals surface area contributed by atoms with Gasteiger partial charge in [-0.1, -0.05) is 0 Å².